The molecular weight excluding hydrogens is 300 g/mol. The lowest BCUT2D eigenvalue weighted by molar-refractivity contribution is -0.131. The van der Waals surface area contributed by atoms with Crippen LogP contribution >= 0.6 is 0 Å². The summed E-state index contributed by atoms with van der Waals surface area (Å²) in [6.45, 7) is 6.29. The summed E-state index contributed by atoms with van der Waals surface area (Å²) in [6, 6.07) is 0. The molecule has 0 aromatic carbocycles. The van der Waals surface area contributed by atoms with E-state index in [1.54, 1.807) is 6.92 Å². The summed E-state index contributed by atoms with van der Waals surface area (Å²) in [6.07, 6.45) is 8.26. The summed E-state index contributed by atoms with van der Waals surface area (Å²) in [5.74, 6) is 1.95. The Balaban J connectivity index is 1.69. The molecule has 0 heterocycles. The van der Waals surface area contributed by atoms with Gasteiger partial charge in [-0.25, -0.2) is 0 Å². The molecule has 24 heavy (non-hydrogen) atoms. The molecular formula is C21H30O3. The van der Waals surface area contributed by atoms with Gasteiger partial charge in [0.2, 0.25) is 0 Å². The smallest absolute Gasteiger partial charge is 0.155 e. The van der Waals surface area contributed by atoms with Crippen LogP contribution in [0.5, 0.6) is 0 Å². The number of carbonyl (C=O) groups excluding carboxylic acids is 2. The highest BCUT2D eigenvalue weighted by atomic mass is 16.3. The van der Waals surface area contributed by atoms with Crippen LogP contribution in [0.25, 0.3) is 0 Å². The van der Waals surface area contributed by atoms with Crippen molar-refractivity contribution in [3.8, 4) is 0 Å². The van der Waals surface area contributed by atoms with E-state index < -0.39 is 6.10 Å². The number of ketones is 2. The van der Waals surface area contributed by atoms with Crippen molar-refractivity contribution in [2.75, 3.05) is 0 Å². The van der Waals surface area contributed by atoms with Crippen molar-refractivity contribution in [2.45, 2.75) is 71.8 Å². The Labute approximate surface area is 144 Å². The standard InChI is InChI=1S/C21H30O3/c1-12(22)19-18(24)11-17-15-5-4-13-10-14(23)6-8-20(13,2)16(15)7-9-21(17,19)3/h10,15-19,24H,4-9,11H2,1-3H3/t15-,16+,17+,18+,19+,20+,21+/m1/s1. The fourth-order valence-corrected chi connectivity index (χ4v) is 7.31. The minimum atomic E-state index is -0.464. The number of hydrogen-bond donors (Lipinski definition) is 1. The highest BCUT2D eigenvalue weighted by Crippen LogP contribution is 2.66. The maximum Gasteiger partial charge on any atom is 0.155 e. The van der Waals surface area contributed by atoms with Crippen molar-refractivity contribution in [2.24, 2.45) is 34.5 Å². The van der Waals surface area contributed by atoms with Crippen molar-refractivity contribution < 1.29 is 14.7 Å². The van der Waals surface area contributed by atoms with Crippen LogP contribution in [-0.4, -0.2) is 22.8 Å². The lowest BCUT2D eigenvalue weighted by atomic mass is 9.46. The first-order valence-electron chi connectivity index (χ1n) is 9.70. The predicted molar refractivity (Wildman–Crippen MR) is 92.3 cm³/mol. The molecule has 0 bridgehead atoms. The SMILES string of the molecule is CC(=O)[C@H]1[C@@H](O)C[C@H]2[C@@H]3CCC4=CC(=O)CC[C@]4(C)[C@H]3CC[C@@]21C. The highest BCUT2D eigenvalue weighted by molar-refractivity contribution is 5.91. The van der Waals surface area contributed by atoms with Gasteiger partial charge in [0, 0.05) is 12.3 Å². The summed E-state index contributed by atoms with van der Waals surface area (Å²) >= 11 is 0. The van der Waals surface area contributed by atoms with Gasteiger partial charge in [-0.15, -0.1) is 0 Å². The topological polar surface area (TPSA) is 54.4 Å². The normalized spacial score (nSPS) is 50.6. The summed E-state index contributed by atoms with van der Waals surface area (Å²) < 4.78 is 0. The average molecular weight is 330 g/mol. The van der Waals surface area contributed by atoms with E-state index >= 15 is 0 Å². The zero-order valence-corrected chi connectivity index (χ0v) is 15.2. The third-order valence-electron chi connectivity index (χ3n) is 8.43. The molecule has 3 saturated carbocycles. The predicted octanol–water partition coefficient (Wildman–Crippen LogP) is 3.69. The molecule has 0 unspecified atom stereocenters. The minimum absolute atomic E-state index is 0.0333. The van der Waals surface area contributed by atoms with Gasteiger partial charge in [0.1, 0.15) is 5.78 Å². The van der Waals surface area contributed by atoms with Crippen molar-refractivity contribution in [1.29, 1.82) is 0 Å². The molecule has 0 aliphatic heterocycles. The number of rotatable bonds is 1. The second-order valence-corrected chi connectivity index (χ2v) is 9.40. The molecule has 4 aliphatic rings. The van der Waals surface area contributed by atoms with Crippen LogP contribution in [0.15, 0.2) is 11.6 Å². The van der Waals surface area contributed by atoms with Crippen molar-refractivity contribution in [1.82, 2.24) is 0 Å². The second-order valence-electron chi connectivity index (χ2n) is 9.40. The molecule has 0 aromatic heterocycles. The molecule has 0 aromatic rings. The van der Waals surface area contributed by atoms with E-state index in [1.807, 2.05) is 6.08 Å². The van der Waals surface area contributed by atoms with E-state index in [0.717, 1.165) is 38.5 Å². The van der Waals surface area contributed by atoms with Gasteiger partial charge in [-0.3, -0.25) is 9.59 Å². The van der Waals surface area contributed by atoms with Crippen molar-refractivity contribution in [3.05, 3.63) is 11.6 Å². The Kier molecular flexibility index (Phi) is 3.62. The number of Topliss-reactive ketones (excluding diaryl/α,β-unsaturated/α-hetero) is 1. The lowest BCUT2D eigenvalue weighted by Gasteiger charge is -2.57. The molecule has 0 spiro atoms. The Bertz CT molecular complexity index is 621. The second kappa shape index (κ2) is 5.27. The molecule has 0 amide bonds. The van der Waals surface area contributed by atoms with Crippen LogP contribution in [-0.2, 0) is 9.59 Å². The summed E-state index contributed by atoms with van der Waals surface area (Å²) in [5.41, 5.74) is 1.51. The fraction of sp³-hybridized carbons (Fsp3) is 0.810. The Hall–Kier alpha value is -0.960. The van der Waals surface area contributed by atoms with E-state index in [-0.39, 0.29) is 22.5 Å². The van der Waals surface area contributed by atoms with E-state index in [9.17, 15) is 14.7 Å². The Morgan fingerprint density at radius 2 is 1.92 bits per heavy atom. The molecule has 4 aliphatic carbocycles. The zero-order valence-electron chi connectivity index (χ0n) is 15.2. The monoisotopic (exact) mass is 330 g/mol. The molecule has 3 fully saturated rings. The first-order chi connectivity index (χ1) is 11.3. The van der Waals surface area contributed by atoms with Gasteiger partial charge in [0.25, 0.3) is 0 Å². The van der Waals surface area contributed by atoms with Crippen LogP contribution in [0.2, 0.25) is 0 Å². The van der Waals surface area contributed by atoms with Crippen molar-refractivity contribution >= 4 is 11.6 Å². The Morgan fingerprint density at radius 1 is 1.17 bits per heavy atom. The highest BCUT2D eigenvalue weighted by Gasteiger charge is 2.62. The molecule has 132 valence electrons. The van der Waals surface area contributed by atoms with Crippen LogP contribution < -0.4 is 0 Å². The molecule has 3 heteroatoms. The van der Waals surface area contributed by atoms with Crippen LogP contribution in [0.1, 0.15) is 65.7 Å². The van der Waals surface area contributed by atoms with E-state index in [1.165, 1.54) is 5.57 Å². The van der Waals surface area contributed by atoms with Gasteiger partial charge in [-0.05, 0) is 80.1 Å². The van der Waals surface area contributed by atoms with Gasteiger partial charge in [-0.2, -0.15) is 0 Å². The van der Waals surface area contributed by atoms with Gasteiger partial charge in [0.15, 0.2) is 5.78 Å². The van der Waals surface area contributed by atoms with Gasteiger partial charge in [0.05, 0.1) is 6.10 Å². The third-order valence-corrected chi connectivity index (χ3v) is 8.43. The molecule has 4 rings (SSSR count). The average Bonchev–Trinajstić information content (AvgIpc) is 2.78. The first kappa shape index (κ1) is 16.5. The van der Waals surface area contributed by atoms with Crippen LogP contribution in [0.3, 0.4) is 0 Å². The van der Waals surface area contributed by atoms with Crippen molar-refractivity contribution in [3.63, 3.8) is 0 Å². The lowest BCUT2D eigenvalue weighted by Crippen LogP contribution is -2.51. The summed E-state index contributed by atoms with van der Waals surface area (Å²) in [5, 5.41) is 10.6. The molecule has 0 radical (unpaired) electrons. The number of carbonyl (C=O) groups is 2. The van der Waals surface area contributed by atoms with Crippen LogP contribution in [0, 0.1) is 34.5 Å². The van der Waals surface area contributed by atoms with Gasteiger partial charge in [-0.1, -0.05) is 19.4 Å². The first-order valence-corrected chi connectivity index (χ1v) is 9.70. The van der Waals surface area contributed by atoms with Crippen LogP contribution in [0.4, 0.5) is 0 Å². The maximum absolute atomic E-state index is 12.2. The Morgan fingerprint density at radius 3 is 2.62 bits per heavy atom. The van der Waals surface area contributed by atoms with E-state index in [4.69, 9.17) is 0 Å². The zero-order chi connectivity index (χ0) is 17.3. The van der Waals surface area contributed by atoms with Gasteiger partial charge >= 0.3 is 0 Å². The van der Waals surface area contributed by atoms with Gasteiger partial charge < -0.3 is 5.11 Å². The number of hydrogen-bond acceptors (Lipinski definition) is 3. The van der Waals surface area contributed by atoms with E-state index in [2.05, 4.69) is 13.8 Å². The number of fused-ring (bicyclic) bond motifs is 5. The maximum atomic E-state index is 12.2. The largest absolute Gasteiger partial charge is 0.392 e. The molecule has 7 atom stereocenters. The summed E-state index contributed by atoms with van der Waals surface area (Å²) in [4.78, 5) is 24.1. The minimum Gasteiger partial charge on any atom is -0.392 e. The number of aliphatic hydroxyl groups excluding tert-OH is 1. The molecule has 1 N–H and O–H groups in total. The fourth-order valence-electron chi connectivity index (χ4n) is 7.31. The number of aliphatic hydroxyl groups is 1. The molecule has 0 saturated heterocycles. The quantitative estimate of drug-likeness (QED) is 0.797. The summed E-state index contributed by atoms with van der Waals surface area (Å²) in [7, 11) is 0. The number of allylic oxidation sites excluding steroid dienone is 1. The van der Waals surface area contributed by atoms with E-state index in [0.29, 0.717) is 30.0 Å². The molecule has 3 nitrogen and oxygen atoms in total. The third kappa shape index (κ3) is 2.06.